The van der Waals surface area contributed by atoms with E-state index < -0.39 is 0 Å². The number of hydrogen-bond donors (Lipinski definition) is 1. The van der Waals surface area contributed by atoms with Crippen molar-refractivity contribution in [1.29, 1.82) is 0 Å². The molecule has 0 spiro atoms. The monoisotopic (exact) mass is 227 g/mol. The molecule has 1 heterocycles. The topological polar surface area (TPSA) is 54.9 Å². The van der Waals surface area contributed by atoms with E-state index in [2.05, 4.69) is 15.3 Å². The first kappa shape index (κ1) is 11.3. The van der Waals surface area contributed by atoms with Crippen molar-refractivity contribution in [2.75, 3.05) is 6.54 Å². The van der Waals surface area contributed by atoms with E-state index in [1.807, 2.05) is 30.3 Å². The van der Waals surface area contributed by atoms with Crippen LogP contribution in [0.3, 0.4) is 0 Å². The highest BCUT2D eigenvalue weighted by molar-refractivity contribution is 5.91. The van der Waals surface area contributed by atoms with Crippen LogP contribution in [0.5, 0.6) is 0 Å². The smallest absolute Gasteiger partial charge is 0.271 e. The molecule has 4 nitrogen and oxygen atoms in total. The van der Waals surface area contributed by atoms with Crippen molar-refractivity contribution >= 4 is 5.91 Å². The van der Waals surface area contributed by atoms with Crippen molar-refractivity contribution in [3.63, 3.8) is 0 Å². The van der Waals surface area contributed by atoms with Gasteiger partial charge in [0.15, 0.2) is 0 Å². The van der Waals surface area contributed by atoms with E-state index in [9.17, 15) is 4.79 Å². The zero-order valence-electron chi connectivity index (χ0n) is 9.34. The van der Waals surface area contributed by atoms with Crippen LogP contribution in [0, 0.1) is 0 Å². The van der Waals surface area contributed by atoms with E-state index >= 15 is 0 Å². The van der Waals surface area contributed by atoms with Crippen LogP contribution in [-0.4, -0.2) is 22.4 Å². The van der Waals surface area contributed by atoms with Gasteiger partial charge >= 0.3 is 0 Å². The molecular weight excluding hydrogens is 214 g/mol. The van der Waals surface area contributed by atoms with Gasteiger partial charge < -0.3 is 5.32 Å². The fraction of sp³-hybridized carbons (Fsp3) is 0.154. The van der Waals surface area contributed by atoms with Gasteiger partial charge in [-0.1, -0.05) is 30.3 Å². The van der Waals surface area contributed by atoms with Gasteiger partial charge in [0, 0.05) is 18.9 Å². The molecule has 86 valence electrons. The molecule has 0 saturated heterocycles. The SMILES string of the molecule is O=C(NCCc1ccccc1)c1cnccn1. The Bertz CT molecular complexity index is 471. The molecule has 1 aromatic heterocycles. The average molecular weight is 227 g/mol. The van der Waals surface area contributed by atoms with Crippen molar-refractivity contribution < 1.29 is 4.79 Å². The Morgan fingerprint density at radius 1 is 1.18 bits per heavy atom. The summed E-state index contributed by atoms with van der Waals surface area (Å²) in [6.45, 7) is 0.597. The molecule has 0 saturated carbocycles. The van der Waals surface area contributed by atoms with Gasteiger partial charge in [0.05, 0.1) is 6.20 Å². The Labute approximate surface area is 99.7 Å². The number of nitrogens with one attached hydrogen (secondary N) is 1. The first-order valence-electron chi connectivity index (χ1n) is 5.44. The fourth-order valence-electron chi connectivity index (χ4n) is 1.47. The third kappa shape index (κ3) is 3.38. The summed E-state index contributed by atoms with van der Waals surface area (Å²) in [5.41, 5.74) is 1.55. The summed E-state index contributed by atoms with van der Waals surface area (Å²) in [6.07, 6.45) is 5.32. The van der Waals surface area contributed by atoms with Gasteiger partial charge in [-0.25, -0.2) is 4.98 Å². The minimum Gasteiger partial charge on any atom is -0.350 e. The van der Waals surface area contributed by atoms with Crippen molar-refractivity contribution in [3.05, 3.63) is 60.2 Å². The normalized spacial score (nSPS) is 9.88. The molecule has 17 heavy (non-hydrogen) atoms. The number of hydrogen-bond acceptors (Lipinski definition) is 3. The lowest BCUT2D eigenvalue weighted by Gasteiger charge is -2.04. The highest BCUT2D eigenvalue weighted by Gasteiger charge is 2.05. The third-order valence-electron chi connectivity index (χ3n) is 2.34. The Balaban J connectivity index is 1.82. The molecule has 1 aromatic carbocycles. The molecule has 0 bridgehead atoms. The predicted molar refractivity (Wildman–Crippen MR) is 64.5 cm³/mol. The fourth-order valence-corrected chi connectivity index (χ4v) is 1.47. The van der Waals surface area contributed by atoms with Crippen molar-refractivity contribution in [2.45, 2.75) is 6.42 Å². The first-order valence-corrected chi connectivity index (χ1v) is 5.44. The van der Waals surface area contributed by atoms with E-state index in [0.717, 1.165) is 6.42 Å². The molecule has 0 fully saturated rings. The van der Waals surface area contributed by atoms with Crippen molar-refractivity contribution in [1.82, 2.24) is 15.3 Å². The van der Waals surface area contributed by atoms with Crippen LogP contribution < -0.4 is 5.32 Å². The minimum atomic E-state index is -0.186. The summed E-state index contributed by atoms with van der Waals surface area (Å²) < 4.78 is 0. The number of aromatic nitrogens is 2. The maximum atomic E-state index is 11.6. The van der Waals surface area contributed by atoms with Crippen LogP contribution in [0.1, 0.15) is 16.1 Å². The molecule has 0 aliphatic rings. The van der Waals surface area contributed by atoms with E-state index in [1.54, 1.807) is 6.20 Å². The lowest BCUT2D eigenvalue weighted by Crippen LogP contribution is -2.26. The maximum Gasteiger partial charge on any atom is 0.271 e. The Kier molecular flexibility index (Phi) is 3.81. The lowest BCUT2D eigenvalue weighted by atomic mass is 10.1. The van der Waals surface area contributed by atoms with Gasteiger partial charge in [-0.2, -0.15) is 0 Å². The highest BCUT2D eigenvalue weighted by atomic mass is 16.1. The summed E-state index contributed by atoms with van der Waals surface area (Å²) in [5.74, 6) is -0.186. The predicted octanol–water partition coefficient (Wildman–Crippen LogP) is 1.45. The first-order chi connectivity index (χ1) is 8.36. The van der Waals surface area contributed by atoms with Crippen molar-refractivity contribution in [3.8, 4) is 0 Å². The summed E-state index contributed by atoms with van der Waals surface area (Å²) in [7, 11) is 0. The van der Waals surface area contributed by atoms with E-state index in [-0.39, 0.29) is 5.91 Å². The van der Waals surface area contributed by atoms with Crippen LogP contribution in [0.15, 0.2) is 48.9 Å². The summed E-state index contributed by atoms with van der Waals surface area (Å²) in [6, 6.07) is 10.0. The van der Waals surface area contributed by atoms with Gasteiger partial charge in [-0.15, -0.1) is 0 Å². The van der Waals surface area contributed by atoms with Crippen LogP contribution in [-0.2, 0) is 6.42 Å². The number of nitrogens with zero attached hydrogens (tertiary/aromatic N) is 2. The van der Waals surface area contributed by atoms with Gasteiger partial charge in [0.1, 0.15) is 5.69 Å². The molecule has 0 radical (unpaired) electrons. The maximum absolute atomic E-state index is 11.6. The standard InChI is InChI=1S/C13H13N3O/c17-13(12-10-14-8-9-15-12)16-7-6-11-4-2-1-3-5-11/h1-5,8-10H,6-7H2,(H,16,17). The van der Waals surface area contributed by atoms with Gasteiger partial charge in [0.2, 0.25) is 0 Å². The number of rotatable bonds is 4. The van der Waals surface area contributed by atoms with Crippen LogP contribution >= 0.6 is 0 Å². The van der Waals surface area contributed by atoms with Crippen LogP contribution in [0.25, 0.3) is 0 Å². The second-order valence-electron chi connectivity index (χ2n) is 3.58. The molecular formula is C13H13N3O. The van der Waals surface area contributed by atoms with Crippen LogP contribution in [0.2, 0.25) is 0 Å². The molecule has 1 amide bonds. The van der Waals surface area contributed by atoms with Crippen LogP contribution in [0.4, 0.5) is 0 Å². The van der Waals surface area contributed by atoms with Crippen molar-refractivity contribution in [2.24, 2.45) is 0 Å². The quantitative estimate of drug-likeness (QED) is 0.860. The van der Waals surface area contributed by atoms with Gasteiger partial charge in [0.25, 0.3) is 5.91 Å². The third-order valence-corrected chi connectivity index (χ3v) is 2.34. The number of carbonyl (C=O) groups excluding carboxylic acids is 1. The highest BCUT2D eigenvalue weighted by Crippen LogP contribution is 1.98. The molecule has 0 unspecified atom stereocenters. The van der Waals surface area contributed by atoms with E-state index in [1.165, 1.54) is 18.0 Å². The molecule has 2 rings (SSSR count). The molecule has 0 atom stereocenters. The Hall–Kier alpha value is -2.23. The van der Waals surface area contributed by atoms with E-state index in [0.29, 0.717) is 12.2 Å². The Morgan fingerprint density at radius 2 is 2.00 bits per heavy atom. The molecule has 2 aromatic rings. The summed E-state index contributed by atoms with van der Waals surface area (Å²) in [5, 5.41) is 2.81. The molecule has 1 N–H and O–H groups in total. The summed E-state index contributed by atoms with van der Waals surface area (Å²) in [4.78, 5) is 19.4. The van der Waals surface area contributed by atoms with Gasteiger partial charge in [-0.05, 0) is 12.0 Å². The largest absolute Gasteiger partial charge is 0.350 e. The zero-order chi connectivity index (χ0) is 11.9. The molecule has 0 aliphatic carbocycles. The minimum absolute atomic E-state index is 0.186. The summed E-state index contributed by atoms with van der Waals surface area (Å²) >= 11 is 0. The second kappa shape index (κ2) is 5.75. The molecule has 4 heteroatoms. The average Bonchev–Trinajstić information content (AvgIpc) is 2.41. The number of carbonyl (C=O) groups is 1. The molecule has 0 aliphatic heterocycles. The number of benzene rings is 1. The zero-order valence-corrected chi connectivity index (χ0v) is 9.34. The second-order valence-corrected chi connectivity index (χ2v) is 3.58. The van der Waals surface area contributed by atoms with E-state index in [4.69, 9.17) is 0 Å². The number of amides is 1. The Morgan fingerprint density at radius 3 is 2.71 bits per heavy atom. The van der Waals surface area contributed by atoms with Gasteiger partial charge in [-0.3, -0.25) is 9.78 Å². The lowest BCUT2D eigenvalue weighted by molar-refractivity contribution is 0.0949.